The number of ether oxygens (including phenoxy) is 6. The summed E-state index contributed by atoms with van der Waals surface area (Å²) in [7, 11) is 0. The van der Waals surface area contributed by atoms with E-state index in [2.05, 4.69) is 13.8 Å². The van der Waals surface area contributed by atoms with Crippen molar-refractivity contribution in [2.24, 2.45) is 0 Å². The molecule has 0 fully saturated rings. The largest absolute Gasteiger partial charge is 0.494 e. The van der Waals surface area contributed by atoms with Crippen LogP contribution in [0.1, 0.15) is 92.9 Å². The Morgan fingerprint density at radius 1 is 0.612 bits per heavy atom. The van der Waals surface area contributed by atoms with E-state index in [0.29, 0.717) is 58.5 Å². The summed E-state index contributed by atoms with van der Waals surface area (Å²) >= 11 is 0. The molecule has 1 aliphatic heterocycles. The van der Waals surface area contributed by atoms with Crippen LogP contribution < -0.4 is 28.4 Å². The summed E-state index contributed by atoms with van der Waals surface area (Å²) in [5, 5.41) is 0. The lowest BCUT2D eigenvalue weighted by Gasteiger charge is -2.26. The molecule has 0 amide bonds. The normalized spacial score (nSPS) is 13.4. The van der Waals surface area contributed by atoms with E-state index in [1.807, 2.05) is 6.92 Å². The summed E-state index contributed by atoms with van der Waals surface area (Å²) in [5.41, 5.74) is 1.61. The number of esters is 2. The van der Waals surface area contributed by atoms with Gasteiger partial charge >= 0.3 is 11.9 Å². The Hall–Kier alpha value is -4.98. The van der Waals surface area contributed by atoms with Crippen LogP contribution >= 0.6 is 0 Å². The first-order valence-electron chi connectivity index (χ1n) is 17.4. The molecule has 8 nitrogen and oxygen atoms in total. The van der Waals surface area contributed by atoms with E-state index in [-0.39, 0.29) is 24.2 Å². The number of hydrogen-bond acceptors (Lipinski definition) is 8. The van der Waals surface area contributed by atoms with Gasteiger partial charge in [-0.25, -0.2) is 9.59 Å². The predicted molar refractivity (Wildman–Crippen MR) is 190 cm³/mol. The Morgan fingerprint density at radius 2 is 1.08 bits per heavy atom. The van der Waals surface area contributed by atoms with Gasteiger partial charge in [0.25, 0.3) is 0 Å². The van der Waals surface area contributed by atoms with Gasteiger partial charge in [0.15, 0.2) is 0 Å². The van der Waals surface area contributed by atoms with Gasteiger partial charge in [0.2, 0.25) is 0 Å². The second kappa shape index (κ2) is 18.0. The van der Waals surface area contributed by atoms with E-state index in [9.17, 15) is 9.59 Å². The minimum absolute atomic E-state index is 0.238. The van der Waals surface area contributed by atoms with Crippen LogP contribution in [0.2, 0.25) is 0 Å². The molecular weight excluding hydrogens is 620 g/mol. The number of carbonyl (C=O) groups is 2. The molecule has 0 unspecified atom stereocenters. The summed E-state index contributed by atoms with van der Waals surface area (Å²) in [6.45, 7) is 7.77. The van der Waals surface area contributed by atoms with Crippen LogP contribution in [-0.2, 0) is 0 Å². The summed E-state index contributed by atoms with van der Waals surface area (Å²) in [5.74, 6) is 1.70. The van der Waals surface area contributed by atoms with Crippen molar-refractivity contribution in [3.05, 3.63) is 96.1 Å². The summed E-state index contributed by atoms with van der Waals surface area (Å²) in [4.78, 5) is 26.8. The highest BCUT2D eigenvalue weighted by atomic mass is 16.6. The van der Waals surface area contributed by atoms with Crippen LogP contribution in [0.3, 0.4) is 0 Å². The van der Waals surface area contributed by atoms with Gasteiger partial charge in [-0.3, -0.25) is 0 Å². The van der Waals surface area contributed by atoms with E-state index in [4.69, 9.17) is 28.4 Å². The third-order valence-electron chi connectivity index (χ3n) is 8.15. The van der Waals surface area contributed by atoms with Crippen molar-refractivity contribution in [1.29, 1.82) is 0 Å². The van der Waals surface area contributed by atoms with Gasteiger partial charge < -0.3 is 28.4 Å². The highest BCUT2D eigenvalue weighted by Gasteiger charge is 2.28. The van der Waals surface area contributed by atoms with Gasteiger partial charge in [0, 0.05) is 0 Å². The second-order valence-electron chi connectivity index (χ2n) is 12.1. The minimum Gasteiger partial charge on any atom is -0.494 e. The molecule has 0 aromatic heterocycles. The first-order chi connectivity index (χ1) is 24.0. The molecule has 4 aromatic carbocycles. The van der Waals surface area contributed by atoms with Crippen LogP contribution in [-0.4, -0.2) is 37.9 Å². The fourth-order valence-electron chi connectivity index (χ4n) is 5.49. The van der Waals surface area contributed by atoms with E-state index >= 15 is 0 Å². The molecule has 8 heteroatoms. The van der Waals surface area contributed by atoms with Gasteiger partial charge in [0.05, 0.1) is 35.5 Å². The SMILES string of the molecule is CCCCCCOc1ccc(C(=O)Oc2cccc3c2-c2c(OC(=O)c4ccc(OCCCCCC)cc4)cccc2O[C@H](C)CO3)cc1. The van der Waals surface area contributed by atoms with E-state index in [1.54, 1.807) is 84.9 Å². The number of fused-ring (bicyclic) bond motifs is 3. The van der Waals surface area contributed by atoms with Crippen molar-refractivity contribution in [3.63, 3.8) is 0 Å². The topological polar surface area (TPSA) is 89.5 Å². The molecule has 49 heavy (non-hydrogen) atoms. The number of rotatable bonds is 16. The zero-order chi connectivity index (χ0) is 34.4. The quantitative estimate of drug-likeness (QED) is 0.0663. The number of benzene rings is 4. The molecule has 0 bridgehead atoms. The summed E-state index contributed by atoms with van der Waals surface area (Å²) < 4.78 is 36.0. The van der Waals surface area contributed by atoms with Crippen molar-refractivity contribution < 1.29 is 38.0 Å². The number of hydrogen-bond donors (Lipinski definition) is 0. The summed E-state index contributed by atoms with van der Waals surface area (Å²) in [6.07, 6.45) is 8.63. The molecule has 0 spiro atoms. The van der Waals surface area contributed by atoms with Gasteiger partial charge in [0.1, 0.15) is 47.2 Å². The molecule has 258 valence electrons. The molecular formula is C41H46O8. The molecule has 0 aliphatic carbocycles. The molecule has 4 aromatic rings. The molecule has 1 atom stereocenters. The fraction of sp³-hybridized carbons (Fsp3) is 0.366. The first-order valence-corrected chi connectivity index (χ1v) is 17.4. The zero-order valence-electron chi connectivity index (χ0n) is 28.7. The average Bonchev–Trinajstić information content (AvgIpc) is 3.11. The lowest BCUT2D eigenvalue weighted by atomic mass is 10.00. The van der Waals surface area contributed by atoms with E-state index in [0.717, 1.165) is 25.7 Å². The maximum absolute atomic E-state index is 13.4. The van der Waals surface area contributed by atoms with Crippen LogP contribution in [0.4, 0.5) is 0 Å². The molecule has 0 saturated heterocycles. The van der Waals surface area contributed by atoms with Crippen LogP contribution in [0.25, 0.3) is 11.1 Å². The lowest BCUT2D eigenvalue weighted by Crippen LogP contribution is -2.23. The van der Waals surface area contributed by atoms with Crippen molar-refractivity contribution in [3.8, 4) is 45.6 Å². The molecule has 0 N–H and O–H groups in total. The Labute approximate surface area is 289 Å². The molecule has 5 rings (SSSR count). The standard InChI is InChI=1S/C41H46O8/c1-4-6-8-10-26-44-32-22-18-30(19-23-32)40(42)48-36-16-12-14-34-38(36)39-35(47-29(3)28-46-34)15-13-17-37(39)49-41(43)31-20-24-33(25-21-31)45-27-11-9-7-5-2/h12-25,29H,4-11,26-28H2,1-3H3/t29-/m1/s1. The zero-order valence-corrected chi connectivity index (χ0v) is 28.7. The third-order valence-corrected chi connectivity index (χ3v) is 8.15. The highest BCUT2D eigenvalue weighted by Crippen LogP contribution is 2.49. The van der Waals surface area contributed by atoms with Gasteiger partial charge in [-0.1, -0.05) is 64.5 Å². The minimum atomic E-state index is -0.553. The highest BCUT2D eigenvalue weighted by molar-refractivity contribution is 5.96. The van der Waals surface area contributed by atoms with Crippen molar-refractivity contribution in [2.75, 3.05) is 19.8 Å². The molecule has 0 saturated carbocycles. The third kappa shape index (κ3) is 9.78. The second-order valence-corrected chi connectivity index (χ2v) is 12.1. The number of carbonyl (C=O) groups excluding carboxylic acids is 2. The molecule has 1 aliphatic rings. The fourth-order valence-corrected chi connectivity index (χ4v) is 5.49. The average molecular weight is 667 g/mol. The summed E-state index contributed by atoms with van der Waals surface area (Å²) in [6, 6.07) is 24.3. The van der Waals surface area contributed by atoms with Crippen molar-refractivity contribution >= 4 is 11.9 Å². The van der Waals surface area contributed by atoms with E-state index < -0.39 is 11.9 Å². The van der Waals surface area contributed by atoms with Crippen LogP contribution in [0.5, 0.6) is 34.5 Å². The number of unbranched alkanes of at least 4 members (excludes halogenated alkanes) is 6. The Bertz CT molecular complexity index is 1660. The monoisotopic (exact) mass is 666 g/mol. The smallest absolute Gasteiger partial charge is 0.343 e. The van der Waals surface area contributed by atoms with Gasteiger partial charge in [-0.15, -0.1) is 0 Å². The van der Waals surface area contributed by atoms with E-state index in [1.165, 1.54) is 25.7 Å². The Kier molecular flexibility index (Phi) is 13.0. The van der Waals surface area contributed by atoms with Crippen molar-refractivity contribution in [2.45, 2.75) is 78.2 Å². The predicted octanol–water partition coefficient (Wildman–Crippen LogP) is 9.87. The van der Waals surface area contributed by atoms with Gasteiger partial charge in [-0.05, 0) is 92.6 Å². The van der Waals surface area contributed by atoms with Crippen molar-refractivity contribution in [1.82, 2.24) is 0 Å². The maximum Gasteiger partial charge on any atom is 0.343 e. The molecule has 1 heterocycles. The van der Waals surface area contributed by atoms with Gasteiger partial charge in [-0.2, -0.15) is 0 Å². The van der Waals surface area contributed by atoms with Crippen LogP contribution in [0, 0.1) is 0 Å². The first kappa shape index (κ1) is 35.3. The molecule has 0 radical (unpaired) electrons. The Morgan fingerprint density at radius 3 is 1.57 bits per heavy atom. The Balaban J connectivity index is 1.36. The maximum atomic E-state index is 13.4. The van der Waals surface area contributed by atoms with Crippen LogP contribution in [0.15, 0.2) is 84.9 Å². The lowest BCUT2D eigenvalue weighted by molar-refractivity contribution is 0.0720.